The molecule has 0 amide bonds. The summed E-state index contributed by atoms with van der Waals surface area (Å²) >= 11 is 0. The first-order valence-corrected chi connectivity index (χ1v) is 5.65. The van der Waals surface area contributed by atoms with Crippen LogP contribution in [0.3, 0.4) is 0 Å². The summed E-state index contributed by atoms with van der Waals surface area (Å²) in [4.78, 5) is 3.19. The summed E-state index contributed by atoms with van der Waals surface area (Å²) in [5, 5.41) is 11.4. The van der Waals surface area contributed by atoms with Crippen molar-refractivity contribution in [1.29, 1.82) is 0 Å². The van der Waals surface area contributed by atoms with Gasteiger partial charge in [-0.05, 0) is 42.0 Å². The van der Waals surface area contributed by atoms with Crippen LogP contribution in [-0.2, 0) is 0 Å². The summed E-state index contributed by atoms with van der Waals surface area (Å²) in [7, 11) is 0. The Bertz CT molecular complexity index is 682. The molecule has 0 atom stereocenters. The van der Waals surface area contributed by atoms with E-state index in [4.69, 9.17) is 0 Å². The van der Waals surface area contributed by atoms with E-state index >= 15 is 0 Å². The van der Waals surface area contributed by atoms with E-state index < -0.39 is 0 Å². The van der Waals surface area contributed by atoms with Gasteiger partial charge in [-0.25, -0.2) is 9.07 Å². The maximum absolute atomic E-state index is 12.8. The smallest absolute Gasteiger partial charge is 0.141 e. The molecule has 0 radical (unpaired) electrons. The van der Waals surface area contributed by atoms with Crippen LogP contribution < -0.4 is 0 Å². The highest BCUT2D eigenvalue weighted by Gasteiger charge is 2.00. The standard InChI is InChI=1S/C13H10FN5/c14-11-3-1-10(2-4-11)13-6-5-12(18-13)7-17-19-8-15-16-9-19/h1-9,18H. The molecule has 0 aliphatic carbocycles. The summed E-state index contributed by atoms with van der Waals surface area (Å²) in [5.41, 5.74) is 2.67. The van der Waals surface area contributed by atoms with Crippen LogP contribution in [0.5, 0.6) is 0 Å². The summed E-state index contributed by atoms with van der Waals surface area (Å²) < 4.78 is 14.3. The Kier molecular flexibility index (Phi) is 2.89. The van der Waals surface area contributed by atoms with Crippen molar-refractivity contribution in [2.75, 3.05) is 0 Å². The number of benzene rings is 1. The molecule has 94 valence electrons. The van der Waals surface area contributed by atoms with Crippen LogP contribution in [0.15, 0.2) is 54.2 Å². The minimum absolute atomic E-state index is 0.246. The maximum atomic E-state index is 12.8. The second kappa shape index (κ2) is 4.85. The van der Waals surface area contributed by atoms with Gasteiger partial charge in [0, 0.05) is 5.69 Å². The van der Waals surface area contributed by atoms with E-state index in [2.05, 4.69) is 20.3 Å². The summed E-state index contributed by atoms with van der Waals surface area (Å²) in [6.45, 7) is 0. The minimum atomic E-state index is -0.246. The van der Waals surface area contributed by atoms with Gasteiger partial charge >= 0.3 is 0 Å². The molecule has 2 aromatic heterocycles. The lowest BCUT2D eigenvalue weighted by atomic mass is 10.1. The molecule has 6 heteroatoms. The van der Waals surface area contributed by atoms with Crippen molar-refractivity contribution in [1.82, 2.24) is 19.9 Å². The Hall–Kier alpha value is -2.76. The molecule has 0 fully saturated rings. The number of aromatic amines is 1. The lowest BCUT2D eigenvalue weighted by Gasteiger charge is -1.97. The summed E-state index contributed by atoms with van der Waals surface area (Å²) in [5.74, 6) is -0.246. The molecule has 1 N–H and O–H groups in total. The Labute approximate surface area is 108 Å². The van der Waals surface area contributed by atoms with Crippen molar-refractivity contribution in [2.45, 2.75) is 0 Å². The predicted octanol–water partition coefficient (Wildman–Crippen LogP) is 2.29. The molecule has 0 spiro atoms. The Morgan fingerprint density at radius 3 is 2.53 bits per heavy atom. The molecule has 0 bridgehead atoms. The van der Waals surface area contributed by atoms with Crippen molar-refractivity contribution in [2.24, 2.45) is 5.10 Å². The first-order chi connectivity index (χ1) is 9.31. The summed E-state index contributed by atoms with van der Waals surface area (Å²) in [6, 6.07) is 10.1. The van der Waals surface area contributed by atoms with E-state index in [9.17, 15) is 4.39 Å². The van der Waals surface area contributed by atoms with Gasteiger partial charge in [0.1, 0.15) is 18.5 Å². The second-order valence-electron chi connectivity index (χ2n) is 3.92. The third-order valence-corrected chi connectivity index (χ3v) is 2.60. The molecular formula is C13H10FN5. The minimum Gasteiger partial charge on any atom is -0.354 e. The third-order valence-electron chi connectivity index (χ3n) is 2.60. The zero-order valence-corrected chi connectivity index (χ0v) is 9.86. The van der Waals surface area contributed by atoms with Crippen molar-refractivity contribution >= 4 is 6.21 Å². The van der Waals surface area contributed by atoms with Crippen molar-refractivity contribution in [3.8, 4) is 11.3 Å². The Morgan fingerprint density at radius 1 is 1.05 bits per heavy atom. The number of nitrogens with zero attached hydrogens (tertiary/aromatic N) is 4. The van der Waals surface area contributed by atoms with Crippen LogP contribution in [-0.4, -0.2) is 26.1 Å². The van der Waals surface area contributed by atoms with Crippen LogP contribution >= 0.6 is 0 Å². The average Bonchev–Trinajstić information content (AvgIpc) is 3.09. The maximum Gasteiger partial charge on any atom is 0.141 e. The van der Waals surface area contributed by atoms with Crippen LogP contribution in [0.25, 0.3) is 11.3 Å². The first kappa shape index (κ1) is 11.3. The molecule has 0 unspecified atom stereocenters. The highest BCUT2D eigenvalue weighted by Crippen LogP contribution is 2.18. The first-order valence-electron chi connectivity index (χ1n) is 5.65. The van der Waals surface area contributed by atoms with Gasteiger partial charge in [0.25, 0.3) is 0 Å². The lowest BCUT2D eigenvalue weighted by Crippen LogP contribution is -1.87. The Balaban J connectivity index is 1.81. The normalized spacial score (nSPS) is 11.2. The van der Waals surface area contributed by atoms with E-state index in [1.807, 2.05) is 12.1 Å². The van der Waals surface area contributed by atoms with E-state index in [1.54, 1.807) is 18.3 Å². The molecule has 3 aromatic rings. The van der Waals surface area contributed by atoms with Gasteiger partial charge < -0.3 is 4.98 Å². The van der Waals surface area contributed by atoms with Crippen molar-refractivity contribution in [3.05, 3.63) is 60.6 Å². The lowest BCUT2D eigenvalue weighted by molar-refractivity contribution is 0.628. The number of hydrogen-bond acceptors (Lipinski definition) is 3. The molecule has 0 aliphatic rings. The zero-order chi connectivity index (χ0) is 13.1. The van der Waals surface area contributed by atoms with Crippen LogP contribution in [0.1, 0.15) is 5.69 Å². The average molecular weight is 255 g/mol. The zero-order valence-electron chi connectivity index (χ0n) is 9.86. The molecule has 2 heterocycles. The Morgan fingerprint density at radius 2 is 1.79 bits per heavy atom. The number of rotatable bonds is 3. The van der Waals surface area contributed by atoms with Gasteiger partial charge in [-0.15, -0.1) is 10.2 Å². The second-order valence-corrected chi connectivity index (χ2v) is 3.92. The van der Waals surface area contributed by atoms with Gasteiger partial charge in [0.15, 0.2) is 0 Å². The highest BCUT2D eigenvalue weighted by molar-refractivity contribution is 5.79. The molecule has 0 saturated carbocycles. The molecule has 0 aliphatic heterocycles. The number of H-pyrrole nitrogens is 1. The van der Waals surface area contributed by atoms with Gasteiger partial charge in [-0.3, -0.25) is 0 Å². The van der Waals surface area contributed by atoms with E-state index in [1.165, 1.54) is 29.5 Å². The molecule has 19 heavy (non-hydrogen) atoms. The highest BCUT2D eigenvalue weighted by atomic mass is 19.1. The van der Waals surface area contributed by atoms with Crippen LogP contribution in [0.2, 0.25) is 0 Å². The predicted molar refractivity (Wildman–Crippen MR) is 69.2 cm³/mol. The van der Waals surface area contributed by atoms with E-state index in [0.717, 1.165) is 17.0 Å². The molecule has 1 aromatic carbocycles. The molecule has 3 rings (SSSR count). The fourth-order valence-electron chi connectivity index (χ4n) is 1.67. The molecular weight excluding hydrogens is 245 g/mol. The van der Waals surface area contributed by atoms with Gasteiger partial charge in [-0.1, -0.05) is 0 Å². The number of halogens is 1. The van der Waals surface area contributed by atoms with Gasteiger partial charge in [0.05, 0.1) is 11.9 Å². The van der Waals surface area contributed by atoms with Gasteiger partial charge in [0.2, 0.25) is 0 Å². The fourth-order valence-corrected chi connectivity index (χ4v) is 1.67. The van der Waals surface area contributed by atoms with E-state index in [0.29, 0.717) is 0 Å². The van der Waals surface area contributed by atoms with Gasteiger partial charge in [-0.2, -0.15) is 5.10 Å². The summed E-state index contributed by atoms with van der Waals surface area (Å²) in [6.07, 6.45) is 4.66. The quantitative estimate of drug-likeness (QED) is 0.730. The fraction of sp³-hybridized carbons (Fsp3) is 0. The SMILES string of the molecule is Fc1ccc(-c2ccc(C=Nn3cnnc3)[nH]2)cc1. The number of hydrogen-bond donors (Lipinski definition) is 1. The van der Waals surface area contributed by atoms with Crippen molar-refractivity contribution in [3.63, 3.8) is 0 Å². The third kappa shape index (κ3) is 2.57. The van der Waals surface area contributed by atoms with Crippen LogP contribution in [0, 0.1) is 5.82 Å². The monoisotopic (exact) mass is 255 g/mol. The largest absolute Gasteiger partial charge is 0.354 e. The number of aromatic nitrogens is 4. The number of nitrogens with one attached hydrogen (secondary N) is 1. The van der Waals surface area contributed by atoms with E-state index in [-0.39, 0.29) is 5.82 Å². The molecule has 0 saturated heterocycles. The van der Waals surface area contributed by atoms with Crippen molar-refractivity contribution < 1.29 is 4.39 Å². The topological polar surface area (TPSA) is 58.9 Å². The molecule has 5 nitrogen and oxygen atoms in total. The van der Waals surface area contributed by atoms with Crippen LogP contribution in [0.4, 0.5) is 4.39 Å².